The van der Waals surface area contributed by atoms with Crippen LogP contribution in [0.2, 0.25) is 0 Å². The van der Waals surface area contributed by atoms with Gasteiger partial charge in [-0.3, -0.25) is 0 Å². The molecular weight excluding hydrogens is 356 g/mol. The van der Waals surface area contributed by atoms with E-state index in [1.54, 1.807) is 27.7 Å². The summed E-state index contributed by atoms with van der Waals surface area (Å²) < 4.78 is 16.2. The van der Waals surface area contributed by atoms with Crippen molar-refractivity contribution in [3.05, 3.63) is 42.7 Å². The molecule has 0 amide bonds. The summed E-state index contributed by atoms with van der Waals surface area (Å²) in [5.74, 6) is 3.16. The Morgan fingerprint density at radius 1 is 0.786 bits per heavy atom. The Hall–Kier alpha value is -3.22. The molecule has 2 heterocycles. The lowest BCUT2D eigenvalue weighted by Crippen LogP contribution is -2.46. The minimum absolute atomic E-state index is 0.669. The first-order valence-electron chi connectivity index (χ1n) is 9.24. The second-order valence-electron chi connectivity index (χ2n) is 6.60. The van der Waals surface area contributed by atoms with Gasteiger partial charge in [0.2, 0.25) is 0 Å². The minimum Gasteiger partial charge on any atom is -0.497 e. The number of anilines is 2. The molecule has 7 heteroatoms. The van der Waals surface area contributed by atoms with Gasteiger partial charge in [0.25, 0.3) is 0 Å². The zero-order chi connectivity index (χ0) is 19.5. The molecule has 2 aromatic carbocycles. The van der Waals surface area contributed by atoms with Crippen molar-refractivity contribution < 1.29 is 14.2 Å². The molecule has 1 fully saturated rings. The van der Waals surface area contributed by atoms with Gasteiger partial charge in [0.05, 0.1) is 26.8 Å². The number of piperazine rings is 1. The maximum absolute atomic E-state index is 5.46. The number of aromatic nitrogens is 2. The Morgan fingerprint density at radius 2 is 1.50 bits per heavy atom. The third-order valence-corrected chi connectivity index (χ3v) is 5.12. The minimum atomic E-state index is 0.669. The number of methoxy groups -OCH3 is 3. The molecule has 0 bridgehead atoms. The number of hydrogen-bond acceptors (Lipinski definition) is 7. The number of benzene rings is 2. The third-order valence-electron chi connectivity index (χ3n) is 5.12. The van der Waals surface area contributed by atoms with Gasteiger partial charge in [-0.25, -0.2) is 9.97 Å². The maximum atomic E-state index is 5.46. The predicted octanol–water partition coefficient (Wildman–Crippen LogP) is 2.98. The first kappa shape index (κ1) is 18.2. The van der Waals surface area contributed by atoms with E-state index in [0.717, 1.165) is 48.6 Å². The summed E-state index contributed by atoms with van der Waals surface area (Å²) in [4.78, 5) is 13.6. The molecular formula is C21H24N4O3. The van der Waals surface area contributed by atoms with E-state index in [0.29, 0.717) is 11.5 Å². The van der Waals surface area contributed by atoms with Gasteiger partial charge >= 0.3 is 0 Å². The average molecular weight is 380 g/mol. The fraction of sp³-hybridized carbons (Fsp3) is 0.333. The smallest absolute Gasteiger partial charge is 0.162 e. The monoisotopic (exact) mass is 380 g/mol. The van der Waals surface area contributed by atoms with Crippen molar-refractivity contribution in [3.8, 4) is 17.2 Å². The molecule has 146 valence electrons. The highest BCUT2D eigenvalue weighted by Crippen LogP contribution is 2.35. The largest absolute Gasteiger partial charge is 0.497 e. The second kappa shape index (κ2) is 7.80. The molecule has 1 aliphatic rings. The van der Waals surface area contributed by atoms with E-state index in [4.69, 9.17) is 14.2 Å². The van der Waals surface area contributed by atoms with Crippen LogP contribution in [-0.2, 0) is 0 Å². The molecule has 0 unspecified atom stereocenters. The Morgan fingerprint density at radius 3 is 2.21 bits per heavy atom. The Bertz CT molecular complexity index is 971. The van der Waals surface area contributed by atoms with E-state index < -0.39 is 0 Å². The van der Waals surface area contributed by atoms with Crippen LogP contribution in [0.4, 0.5) is 11.5 Å². The molecule has 0 atom stereocenters. The Labute approximate surface area is 164 Å². The molecule has 0 saturated carbocycles. The summed E-state index contributed by atoms with van der Waals surface area (Å²) in [5.41, 5.74) is 2.02. The first-order valence-corrected chi connectivity index (χ1v) is 9.24. The number of hydrogen-bond donors (Lipinski definition) is 0. The highest BCUT2D eigenvalue weighted by atomic mass is 16.5. The van der Waals surface area contributed by atoms with Gasteiger partial charge in [-0.2, -0.15) is 0 Å². The van der Waals surface area contributed by atoms with Crippen molar-refractivity contribution in [1.29, 1.82) is 0 Å². The molecule has 1 saturated heterocycles. The van der Waals surface area contributed by atoms with E-state index in [1.807, 2.05) is 24.3 Å². The van der Waals surface area contributed by atoms with E-state index >= 15 is 0 Å². The summed E-state index contributed by atoms with van der Waals surface area (Å²) in [7, 11) is 4.96. The van der Waals surface area contributed by atoms with E-state index in [-0.39, 0.29) is 0 Å². The van der Waals surface area contributed by atoms with Crippen LogP contribution in [-0.4, -0.2) is 57.5 Å². The summed E-state index contributed by atoms with van der Waals surface area (Å²) in [6.45, 7) is 3.56. The van der Waals surface area contributed by atoms with E-state index in [2.05, 4.69) is 31.9 Å². The molecule has 1 aromatic heterocycles. The van der Waals surface area contributed by atoms with Crippen molar-refractivity contribution in [3.63, 3.8) is 0 Å². The van der Waals surface area contributed by atoms with Gasteiger partial charge in [0.1, 0.15) is 17.9 Å². The van der Waals surface area contributed by atoms with Crippen LogP contribution in [0.5, 0.6) is 17.2 Å². The van der Waals surface area contributed by atoms with Gasteiger partial charge in [-0.05, 0) is 18.2 Å². The zero-order valence-corrected chi connectivity index (χ0v) is 16.4. The summed E-state index contributed by atoms with van der Waals surface area (Å²) >= 11 is 0. The van der Waals surface area contributed by atoms with Crippen LogP contribution in [0.1, 0.15) is 0 Å². The summed E-state index contributed by atoms with van der Waals surface area (Å²) in [5, 5.41) is 0.968. The lowest BCUT2D eigenvalue weighted by Gasteiger charge is -2.37. The van der Waals surface area contributed by atoms with Crippen LogP contribution in [0.3, 0.4) is 0 Å². The summed E-state index contributed by atoms with van der Waals surface area (Å²) in [6, 6.07) is 12.0. The highest BCUT2D eigenvalue weighted by molar-refractivity contribution is 5.92. The van der Waals surface area contributed by atoms with Crippen molar-refractivity contribution in [2.75, 3.05) is 57.3 Å². The Kier molecular flexibility index (Phi) is 5.06. The van der Waals surface area contributed by atoms with Crippen molar-refractivity contribution in [2.45, 2.75) is 0 Å². The quantitative estimate of drug-likeness (QED) is 0.674. The third kappa shape index (κ3) is 3.35. The average Bonchev–Trinajstić information content (AvgIpc) is 2.77. The van der Waals surface area contributed by atoms with Gasteiger partial charge in [-0.15, -0.1) is 0 Å². The van der Waals surface area contributed by atoms with Crippen LogP contribution in [0.25, 0.3) is 10.9 Å². The van der Waals surface area contributed by atoms with Crippen LogP contribution in [0, 0.1) is 0 Å². The Balaban J connectivity index is 1.58. The number of nitrogens with zero attached hydrogens (tertiary/aromatic N) is 4. The maximum Gasteiger partial charge on any atom is 0.162 e. The molecule has 0 aliphatic carbocycles. The van der Waals surface area contributed by atoms with E-state index in [1.165, 1.54) is 5.69 Å². The highest BCUT2D eigenvalue weighted by Gasteiger charge is 2.21. The molecule has 0 spiro atoms. The van der Waals surface area contributed by atoms with Gasteiger partial charge in [0, 0.05) is 49.4 Å². The molecule has 1 aliphatic heterocycles. The summed E-state index contributed by atoms with van der Waals surface area (Å²) in [6.07, 6.45) is 1.61. The van der Waals surface area contributed by atoms with Gasteiger partial charge in [-0.1, -0.05) is 6.07 Å². The normalized spacial score (nSPS) is 14.2. The SMILES string of the molecule is COc1cccc(N2CCN(c3ncnc4cc(OC)c(OC)cc34)CC2)c1. The van der Waals surface area contributed by atoms with Crippen molar-refractivity contribution >= 4 is 22.4 Å². The van der Waals surface area contributed by atoms with Crippen LogP contribution in [0.15, 0.2) is 42.7 Å². The van der Waals surface area contributed by atoms with Crippen molar-refractivity contribution in [1.82, 2.24) is 9.97 Å². The fourth-order valence-corrected chi connectivity index (χ4v) is 3.61. The standard InChI is InChI=1S/C21H24N4O3/c1-26-16-6-4-5-15(11-16)24-7-9-25(10-8-24)21-17-12-19(27-2)20(28-3)13-18(17)22-14-23-21/h4-6,11-14H,7-10H2,1-3H3. The van der Waals surface area contributed by atoms with Crippen LogP contribution >= 0.6 is 0 Å². The number of rotatable bonds is 5. The second-order valence-corrected chi connectivity index (χ2v) is 6.60. The molecule has 28 heavy (non-hydrogen) atoms. The lowest BCUT2D eigenvalue weighted by molar-refractivity contribution is 0.356. The van der Waals surface area contributed by atoms with E-state index in [9.17, 15) is 0 Å². The molecule has 4 rings (SSSR count). The zero-order valence-electron chi connectivity index (χ0n) is 16.4. The topological polar surface area (TPSA) is 60.0 Å². The van der Waals surface area contributed by atoms with Crippen LogP contribution < -0.4 is 24.0 Å². The molecule has 0 radical (unpaired) electrons. The predicted molar refractivity (Wildman–Crippen MR) is 110 cm³/mol. The van der Waals surface area contributed by atoms with Crippen molar-refractivity contribution in [2.24, 2.45) is 0 Å². The number of ether oxygens (including phenoxy) is 3. The molecule has 3 aromatic rings. The fourth-order valence-electron chi connectivity index (χ4n) is 3.61. The lowest BCUT2D eigenvalue weighted by atomic mass is 10.1. The van der Waals surface area contributed by atoms with Gasteiger partial charge < -0.3 is 24.0 Å². The molecule has 0 N–H and O–H groups in total. The molecule has 7 nitrogen and oxygen atoms in total. The van der Waals surface area contributed by atoms with Gasteiger partial charge in [0.15, 0.2) is 11.5 Å². The first-order chi connectivity index (χ1) is 13.7. The number of fused-ring (bicyclic) bond motifs is 1.